The Balaban J connectivity index is 1.87. The van der Waals surface area contributed by atoms with Crippen LogP contribution in [0.15, 0.2) is 78.9 Å². The third-order valence-corrected chi connectivity index (χ3v) is 5.20. The predicted molar refractivity (Wildman–Crippen MR) is 128 cm³/mol. The fourth-order valence-corrected chi connectivity index (χ4v) is 3.67. The molecule has 1 aromatic heterocycles. The molecule has 4 rings (SSSR count). The number of pyridine rings is 1. The molecule has 0 aliphatic rings. The lowest BCUT2D eigenvalue weighted by molar-refractivity contribution is 0.0939. The van der Waals surface area contributed by atoms with Crippen LogP contribution in [0.2, 0.25) is 5.02 Å². The molecule has 0 fully saturated rings. The molecule has 1 N–H and O–H groups in total. The first-order valence-electron chi connectivity index (χ1n) is 10.00. The second kappa shape index (κ2) is 9.58. The van der Waals surface area contributed by atoms with Crippen molar-refractivity contribution < 1.29 is 19.1 Å². The lowest BCUT2D eigenvalue weighted by Gasteiger charge is -2.23. The normalized spacial score (nSPS) is 10.5. The number of amides is 2. The smallest absolute Gasteiger partial charge is 0.433 e. The van der Waals surface area contributed by atoms with Crippen molar-refractivity contribution in [3.05, 3.63) is 89.4 Å². The van der Waals surface area contributed by atoms with Crippen molar-refractivity contribution in [2.45, 2.75) is 0 Å². The van der Waals surface area contributed by atoms with Crippen LogP contribution in [0, 0.1) is 0 Å². The summed E-state index contributed by atoms with van der Waals surface area (Å²) in [7, 11) is 2.70. The molecule has 4 aromatic rings. The molecular weight excluding hydrogens is 442 g/mol. The molecule has 0 unspecified atom stereocenters. The van der Waals surface area contributed by atoms with Gasteiger partial charge in [-0.3, -0.25) is 10.2 Å². The van der Waals surface area contributed by atoms with Gasteiger partial charge in [0.15, 0.2) is 5.75 Å². The highest BCUT2D eigenvalue weighted by Crippen LogP contribution is 2.36. The average Bonchev–Trinajstić information content (AvgIpc) is 2.85. The van der Waals surface area contributed by atoms with E-state index in [1.54, 1.807) is 30.3 Å². The molecule has 8 heteroatoms. The lowest BCUT2D eigenvalue weighted by Crippen LogP contribution is -2.46. The van der Waals surface area contributed by atoms with E-state index in [0.29, 0.717) is 27.3 Å². The van der Waals surface area contributed by atoms with Gasteiger partial charge in [0.2, 0.25) is 0 Å². The van der Waals surface area contributed by atoms with Crippen LogP contribution in [0.1, 0.15) is 10.4 Å². The summed E-state index contributed by atoms with van der Waals surface area (Å²) < 4.78 is 10.5. The Morgan fingerprint density at radius 3 is 2.36 bits per heavy atom. The Hall–Kier alpha value is -4.10. The lowest BCUT2D eigenvalue weighted by atomic mass is 10.0. The van der Waals surface area contributed by atoms with Gasteiger partial charge in [0, 0.05) is 16.0 Å². The number of para-hydroxylation sites is 1. The fraction of sp³-hybridized carbons (Fsp3) is 0.0800. The average molecular weight is 462 g/mol. The van der Waals surface area contributed by atoms with Crippen molar-refractivity contribution >= 4 is 40.2 Å². The van der Waals surface area contributed by atoms with Gasteiger partial charge in [-0.15, -0.1) is 0 Å². The Labute approximate surface area is 195 Å². The van der Waals surface area contributed by atoms with Crippen LogP contribution < -0.4 is 15.2 Å². The SMILES string of the molecule is COC(=O)N(NC(=O)c1c(OC)c(-c2ccccc2)nc2ccccc12)c1cccc(Cl)c1. The van der Waals surface area contributed by atoms with E-state index in [2.05, 4.69) is 5.43 Å². The third kappa shape index (κ3) is 4.44. The highest BCUT2D eigenvalue weighted by Gasteiger charge is 2.26. The Kier molecular flexibility index (Phi) is 6.42. The Morgan fingerprint density at radius 1 is 0.939 bits per heavy atom. The zero-order valence-electron chi connectivity index (χ0n) is 17.9. The number of ether oxygens (including phenoxy) is 2. The number of carbonyl (C=O) groups is 2. The van der Waals surface area contributed by atoms with Gasteiger partial charge in [-0.05, 0) is 24.3 Å². The molecule has 0 bridgehead atoms. The zero-order valence-corrected chi connectivity index (χ0v) is 18.7. The topological polar surface area (TPSA) is 80.8 Å². The van der Waals surface area contributed by atoms with Crippen LogP contribution in [0.25, 0.3) is 22.2 Å². The van der Waals surface area contributed by atoms with E-state index < -0.39 is 12.0 Å². The van der Waals surface area contributed by atoms with E-state index in [1.807, 2.05) is 42.5 Å². The fourth-order valence-electron chi connectivity index (χ4n) is 3.49. The van der Waals surface area contributed by atoms with E-state index in [1.165, 1.54) is 20.3 Å². The summed E-state index contributed by atoms with van der Waals surface area (Å²) in [5.74, 6) is -0.290. The molecular formula is C25H20ClN3O4. The number of carbonyl (C=O) groups excluding carboxylic acids is 2. The summed E-state index contributed by atoms with van der Waals surface area (Å²) in [5.41, 5.74) is 5.10. The first-order chi connectivity index (χ1) is 16.0. The van der Waals surface area contributed by atoms with Crippen molar-refractivity contribution in [1.82, 2.24) is 10.4 Å². The van der Waals surface area contributed by atoms with E-state index in [-0.39, 0.29) is 11.3 Å². The number of hydrogen-bond acceptors (Lipinski definition) is 5. The van der Waals surface area contributed by atoms with Gasteiger partial charge in [-0.25, -0.2) is 9.78 Å². The Bertz CT molecular complexity index is 1330. The maximum absolute atomic E-state index is 13.6. The maximum Gasteiger partial charge on any atom is 0.433 e. The minimum Gasteiger partial charge on any atom is -0.494 e. The van der Waals surface area contributed by atoms with Crippen LogP contribution in [-0.4, -0.2) is 31.2 Å². The first kappa shape index (κ1) is 22.1. The number of nitrogens with zero attached hydrogens (tertiary/aromatic N) is 2. The monoisotopic (exact) mass is 461 g/mol. The molecule has 33 heavy (non-hydrogen) atoms. The summed E-state index contributed by atoms with van der Waals surface area (Å²) in [6.07, 6.45) is -0.786. The first-order valence-corrected chi connectivity index (χ1v) is 10.4. The number of hydrogen-bond donors (Lipinski definition) is 1. The molecule has 3 aromatic carbocycles. The highest BCUT2D eigenvalue weighted by molar-refractivity contribution is 6.31. The van der Waals surface area contributed by atoms with Gasteiger partial charge in [0.25, 0.3) is 5.91 Å². The van der Waals surface area contributed by atoms with Gasteiger partial charge in [-0.2, -0.15) is 5.01 Å². The molecule has 0 saturated carbocycles. The van der Waals surface area contributed by atoms with Gasteiger partial charge >= 0.3 is 6.09 Å². The standard InChI is InChI=1S/C25H20ClN3O4/c1-32-23-21(24(30)28-29(25(31)33-2)18-12-8-11-17(26)15-18)19-13-6-7-14-20(19)27-22(23)16-9-4-3-5-10-16/h3-15H,1-2H3,(H,28,30). The van der Waals surface area contributed by atoms with Crippen molar-refractivity contribution in [2.24, 2.45) is 0 Å². The number of methoxy groups -OCH3 is 2. The van der Waals surface area contributed by atoms with Crippen molar-refractivity contribution in [2.75, 3.05) is 19.2 Å². The Morgan fingerprint density at radius 2 is 1.67 bits per heavy atom. The molecule has 0 spiro atoms. The van der Waals surface area contributed by atoms with E-state index in [4.69, 9.17) is 26.1 Å². The molecule has 0 aliphatic heterocycles. The quantitative estimate of drug-likeness (QED) is 0.407. The largest absolute Gasteiger partial charge is 0.494 e. The summed E-state index contributed by atoms with van der Waals surface area (Å²) in [6.45, 7) is 0. The molecule has 0 atom stereocenters. The summed E-state index contributed by atoms with van der Waals surface area (Å²) in [5, 5.41) is 1.96. The third-order valence-electron chi connectivity index (χ3n) is 4.96. The minimum atomic E-state index is -0.786. The van der Waals surface area contributed by atoms with E-state index in [0.717, 1.165) is 10.6 Å². The number of aromatic nitrogens is 1. The maximum atomic E-state index is 13.6. The van der Waals surface area contributed by atoms with Crippen molar-refractivity contribution in [1.29, 1.82) is 0 Å². The van der Waals surface area contributed by atoms with Crippen LogP contribution in [-0.2, 0) is 4.74 Å². The van der Waals surface area contributed by atoms with Crippen molar-refractivity contribution in [3.8, 4) is 17.0 Å². The van der Waals surface area contributed by atoms with Crippen LogP contribution >= 0.6 is 11.6 Å². The van der Waals surface area contributed by atoms with Crippen LogP contribution in [0.4, 0.5) is 10.5 Å². The van der Waals surface area contributed by atoms with Gasteiger partial charge < -0.3 is 9.47 Å². The molecule has 7 nitrogen and oxygen atoms in total. The summed E-state index contributed by atoms with van der Waals surface area (Å²) >= 11 is 6.08. The number of fused-ring (bicyclic) bond motifs is 1. The van der Waals surface area contributed by atoms with Crippen molar-refractivity contribution in [3.63, 3.8) is 0 Å². The molecule has 0 saturated heterocycles. The van der Waals surface area contributed by atoms with Crippen LogP contribution in [0.3, 0.4) is 0 Å². The number of benzene rings is 3. The number of nitrogens with one attached hydrogen (secondary N) is 1. The number of hydrazine groups is 1. The second-order valence-electron chi connectivity index (χ2n) is 6.98. The summed E-state index contributed by atoms with van der Waals surface area (Å²) in [6, 6.07) is 23.1. The number of rotatable bonds is 4. The predicted octanol–water partition coefficient (Wildman–Crippen LogP) is 5.48. The number of halogens is 1. The molecule has 2 amide bonds. The second-order valence-corrected chi connectivity index (χ2v) is 7.41. The highest BCUT2D eigenvalue weighted by atomic mass is 35.5. The zero-order chi connectivity index (χ0) is 23.4. The molecule has 1 heterocycles. The van der Waals surface area contributed by atoms with Gasteiger partial charge in [0.1, 0.15) is 5.69 Å². The van der Waals surface area contributed by atoms with E-state index >= 15 is 0 Å². The minimum absolute atomic E-state index is 0.234. The van der Waals surface area contributed by atoms with Crippen LogP contribution in [0.5, 0.6) is 5.75 Å². The molecule has 0 radical (unpaired) electrons. The number of anilines is 1. The molecule has 0 aliphatic carbocycles. The molecule has 166 valence electrons. The summed E-state index contributed by atoms with van der Waals surface area (Å²) in [4.78, 5) is 30.8. The van der Waals surface area contributed by atoms with Gasteiger partial charge in [0.05, 0.1) is 31.0 Å². The van der Waals surface area contributed by atoms with Gasteiger partial charge in [-0.1, -0.05) is 66.2 Å². The van der Waals surface area contributed by atoms with E-state index in [9.17, 15) is 9.59 Å².